The minimum atomic E-state index is -0.0632. The van der Waals surface area contributed by atoms with Gasteiger partial charge in [0.05, 0.1) is 17.7 Å². The maximum Gasteiger partial charge on any atom is 0.272 e. The Hall–Kier alpha value is -1.92. The van der Waals surface area contributed by atoms with Crippen molar-refractivity contribution in [2.24, 2.45) is 5.92 Å². The number of amides is 1. The number of hydrogen-bond donors (Lipinski definition) is 2. The maximum atomic E-state index is 12.8. The number of fused-ring (bicyclic) bond motifs is 1. The Balaban J connectivity index is 1.35. The molecule has 2 N–H and O–H groups in total. The molecule has 0 radical (unpaired) electrons. The molecule has 1 aliphatic heterocycles. The average molecular weight is 370 g/mol. The zero-order valence-corrected chi connectivity index (χ0v) is 16.3. The summed E-state index contributed by atoms with van der Waals surface area (Å²) in [6.45, 7) is 7.44. The number of rotatable bonds is 4. The van der Waals surface area contributed by atoms with Gasteiger partial charge in [0, 0.05) is 31.1 Å². The van der Waals surface area contributed by atoms with Crippen LogP contribution >= 0.6 is 0 Å². The molecule has 6 nitrogen and oxygen atoms in total. The van der Waals surface area contributed by atoms with Crippen molar-refractivity contribution in [2.45, 2.75) is 57.8 Å². The lowest BCUT2D eigenvalue weighted by Crippen LogP contribution is -2.48. The zero-order valence-electron chi connectivity index (χ0n) is 16.3. The average Bonchev–Trinajstić information content (AvgIpc) is 3.05. The molecule has 6 heteroatoms. The molecule has 1 saturated carbocycles. The molecule has 1 aromatic carbocycles. The topological polar surface area (TPSA) is 70.2 Å². The SMILES string of the molecule is C[C@@H]1CN(C[C@@H]2CCC[C@H](NC(=O)c3n[nH]c4ccccc34)C2)C[C@H](C)O1. The van der Waals surface area contributed by atoms with Gasteiger partial charge < -0.3 is 10.1 Å². The summed E-state index contributed by atoms with van der Waals surface area (Å²) in [6, 6.07) is 8.01. The Bertz CT molecular complexity index is 779. The van der Waals surface area contributed by atoms with Crippen LogP contribution in [0.2, 0.25) is 0 Å². The molecule has 4 atom stereocenters. The molecule has 4 rings (SSSR count). The Morgan fingerprint density at radius 1 is 1.26 bits per heavy atom. The quantitative estimate of drug-likeness (QED) is 0.868. The van der Waals surface area contributed by atoms with Crippen LogP contribution in [0.25, 0.3) is 10.9 Å². The second-order valence-corrected chi connectivity index (χ2v) is 8.30. The Labute approximate surface area is 160 Å². The second kappa shape index (κ2) is 7.98. The monoisotopic (exact) mass is 370 g/mol. The highest BCUT2D eigenvalue weighted by molar-refractivity contribution is 6.04. The summed E-state index contributed by atoms with van der Waals surface area (Å²) in [5, 5.41) is 11.3. The number of carbonyl (C=O) groups excluding carboxylic acids is 1. The van der Waals surface area contributed by atoms with Crippen LogP contribution < -0.4 is 5.32 Å². The normalized spacial score (nSPS) is 29.7. The maximum absolute atomic E-state index is 12.8. The molecule has 2 aromatic rings. The summed E-state index contributed by atoms with van der Waals surface area (Å²) >= 11 is 0. The summed E-state index contributed by atoms with van der Waals surface area (Å²) in [4.78, 5) is 15.3. The van der Waals surface area contributed by atoms with Crippen molar-refractivity contribution in [2.75, 3.05) is 19.6 Å². The molecule has 146 valence electrons. The van der Waals surface area contributed by atoms with E-state index in [0.717, 1.165) is 43.4 Å². The first-order valence-corrected chi connectivity index (χ1v) is 10.2. The van der Waals surface area contributed by atoms with Gasteiger partial charge in [0.2, 0.25) is 0 Å². The number of nitrogens with one attached hydrogen (secondary N) is 2. The van der Waals surface area contributed by atoms with Gasteiger partial charge in [0.1, 0.15) is 0 Å². The van der Waals surface area contributed by atoms with Crippen LogP contribution in [0, 0.1) is 5.92 Å². The van der Waals surface area contributed by atoms with E-state index in [-0.39, 0.29) is 11.9 Å². The van der Waals surface area contributed by atoms with Crippen LogP contribution in [-0.4, -0.2) is 58.9 Å². The molecule has 0 unspecified atom stereocenters. The summed E-state index contributed by atoms with van der Waals surface area (Å²) in [6.07, 6.45) is 5.14. The molecule has 1 saturated heterocycles. The van der Waals surface area contributed by atoms with E-state index in [0.29, 0.717) is 23.8 Å². The minimum absolute atomic E-state index is 0.0632. The number of carbonyl (C=O) groups is 1. The molecule has 27 heavy (non-hydrogen) atoms. The van der Waals surface area contributed by atoms with Crippen molar-refractivity contribution in [1.82, 2.24) is 20.4 Å². The lowest BCUT2D eigenvalue weighted by atomic mass is 9.85. The van der Waals surface area contributed by atoms with Crippen LogP contribution in [0.3, 0.4) is 0 Å². The zero-order chi connectivity index (χ0) is 18.8. The standard InChI is InChI=1S/C21H30N4O2/c1-14-11-25(12-15(2)27-14)13-16-6-5-7-17(10-16)22-21(26)20-18-8-3-4-9-19(18)23-24-20/h3-4,8-9,14-17H,5-7,10-13H2,1-2H3,(H,22,26)(H,23,24)/t14-,15+,16-,17+/m1/s1. The summed E-state index contributed by atoms with van der Waals surface area (Å²) in [5.41, 5.74) is 1.41. The largest absolute Gasteiger partial charge is 0.373 e. The Morgan fingerprint density at radius 2 is 2.04 bits per heavy atom. The fourth-order valence-electron chi connectivity index (χ4n) is 4.78. The van der Waals surface area contributed by atoms with Gasteiger partial charge in [-0.25, -0.2) is 0 Å². The number of benzene rings is 1. The summed E-state index contributed by atoms with van der Waals surface area (Å²) in [7, 11) is 0. The van der Waals surface area contributed by atoms with Crippen LogP contribution in [0.5, 0.6) is 0 Å². The lowest BCUT2D eigenvalue weighted by molar-refractivity contribution is -0.0727. The van der Waals surface area contributed by atoms with Gasteiger partial charge in [-0.2, -0.15) is 5.10 Å². The predicted octanol–water partition coefficient (Wildman–Crippen LogP) is 2.96. The number of aromatic nitrogens is 2. The van der Waals surface area contributed by atoms with Gasteiger partial charge >= 0.3 is 0 Å². The lowest BCUT2D eigenvalue weighted by Gasteiger charge is -2.39. The molecule has 2 heterocycles. The Morgan fingerprint density at radius 3 is 2.85 bits per heavy atom. The van der Waals surface area contributed by atoms with Crippen molar-refractivity contribution in [3.05, 3.63) is 30.0 Å². The molecule has 1 aromatic heterocycles. The van der Waals surface area contributed by atoms with Gasteiger partial charge in [-0.05, 0) is 45.1 Å². The van der Waals surface area contributed by atoms with E-state index >= 15 is 0 Å². The van der Waals surface area contributed by atoms with Crippen molar-refractivity contribution in [3.63, 3.8) is 0 Å². The van der Waals surface area contributed by atoms with Crippen LogP contribution in [0.15, 0.2) is 24.3 Å². The van der Waals surface area contributed by atoms with E-state index < -0.39 is 0 Å². The van der Waals surface area contributed by atoms with Crippen molar-refractivity contribution < 1.29 is 9.53 Å². The van der Waals surface area contributed by atoms with E-state index in [1.807, 2.05) is 24.3 Å². The molecular formula is C21H30N4O2. The molecule has 1 amide bonds. The molecule has 2 fully saturated rings. The number of H-pyrrole nitrogens is 1. The van der Waals surface area contributed by atoms with Crippen LogP contribution in [0.1, 0.15) is 50.0 Å². The first-order chi connectivity index (χ1) is 13.1. The van der Waals surface area contributed by atoms with E-state index in [1.165, 1.54) is 12.8 Å². The minimum Gasteiger partial charge on any atom is -0.373 e. The fraction of sp³-hybridized carbons (Fsp3) is 0.619. The predicted molar refractivity (Wildman–Crippen MR) is 106 cm³/mol. The number of nitrogens with zero attached hydrogens (tertiary/aromatic N) is 2. The van der Waals surface area contributed by atoms with E-state index in [1.54, 1.807) is 0 Å². The third-order valence-electron chi connectivity index (χ3n) is 5.82. The highest BCUT2D eigenvalue weighted by Gasteiger charge is 2.29. The van der Waals surface area contributed by atoms with E-state index in [4.69, 9.17) is 4.74 Å². The number of ether oxygens (including phenoxy) is 1. The molecule has 2 aliphatic rings. The number of morpholine rings is 1. The smallest absolute Gasteiger partial charge is 0.272 e. The van der Waals surface area contributed by atoms with Crippen molar-refractivity contribution in [3.8, 4) is 0 Å². The molecule has 0 spiro atoms. The first kappa shape index (κ1) is 18.4. The summed E-state index contributed by atoms with van der Waals surface area (Å²) < 4.78 is 5.85. The molecular weight excluding hydrogens is 340 g/mol. The Kier molecular flexibility index (Phi) is 5.45. The highest BCUT2D eigenvalue weighted by atomic mass is 16.5. The first-order valence-electron chi connectivity index (χ1n) is 10.2. The number of aromatic amines is 1. The van der Waals surface area contributed by atoms with Gasteiger partial charge in [-0.3, -0.25) is 14.8 Å². The van der Waals surface area contributed by atoms with Gasteiger partial charge in [-0.15, -0.1) is 0 Å². The highest BCUT2D eigenvalue weighted by Crippen LogP contribution is 2.27. The molecule has 1 aliphatic carbocycles. The third-order valence-corrected chi connectivity index (χ3v) is 5.82. The van der Waals surface area contributed by atoms with Crippen molar-refractivity contribution in [1.29, 1.82) is 0 Å². The van der Waals surface area contributed by atoms with E-state index in [2.05, 4.69) is 34.3 Å². The summed E-state index contributed by atoms with van der Waals surface area (Å²) in [5.74, 6) is 0.573. The number of hydrogen-bond acceptors (Lipinski definition) is 4. The number of para-hydroxylation sites is 1. The fourth-order valence-corrected chi connectivity index (χ4v) is 4.78. The second-order valence-electron chi connectivity index (χ2n) is 8.30. The van der Waals surface area contributed by atoms with Crippen molar-refractivity contribution >= 4 is 16.8 Å². The van der Waals surface area contributed by atoms with Gasteiger partial charge in [0.25, 0.3) is 5.91 Å². The van der Waals surface area contributed by atoms with Crippen LogP contribution in [0.4, 0.5) is 0 Å². The van der Waals surface area contributed by atoms with Gasteiger partial charge in [0.15, 0.2) is 5.69 Å². The third kappa shape index (κ3) is 4.33. The van der Waals surface area contributed by atoms with Crippen LogP contribution in [-0.2, 0) is 4.74 Å². The molecule has 0 bridgehead atoms. The van der Waals surface area contributed by atoms with Gasteiger partial charge in [-0.1, -0.05) is 24.6 Å². The van der Waals surface area contributed by atoms with E-state index in [9.17, 15) is 4.79 Å².